The van der Waals surface area contributed by atoms with Crippen LogP contribution in [0, 0.1) is 5.92 Å². The van der Waals surface area contributed by atoms with Gasteiger partial charge >= 0.3 is 0 Å². The van der Waals surface area contributed by atoms with E-state index in [-0.39, 0.29) is 11.8 Å². The van der Waals surface area contributed by atoms with Crippen molar-refractivity contribution in [3.8, 4) is 0 Å². The molecule has 0 aromatic heterocycles. The molecule has 1 saturated heterocycles. The Labute approximate surface area is 91.4 Å². The molecule has 1 heterocycles. The second kappa shape index (κ2) is 6.41. The molecular formula is C11H20ClNO. The lowest BCUT2D eigenvalue weighted by Gasteiger charge is -2.12. The number of carbonyl (C=O) groups excluding carboxylic acids is 1. The van der Waals surface area contributed by atoms with Gasteiger partial charge in [0.15, 0.2) is 0 Å². The number of rotatable bonds is 4. The van der Waals surface area contributed by atoms with Crippen molar-refractivity contribution in [2.24, 2.45) is 5.92 Å². The highest BCUT2D eigenvalue weighted by Gasteiger charge is 2.20. The first-order valence-electron chi connectivity index (χ1n) is 5.54. The van der Waals surface area contributed by atoms with E-state index >= 15 is 0 Å². The van der Waals surface area contributed by atoms with Crippen molar-refractivity contribution in [1.29, 1.82) is 0 Å². The molecular weight excluding hydrogens is 198 g/mol. The zero-order valence-corrected chi connectivity index (χ0v) is 9.65. The van der Waals surface area contributed by atoms with E-state index in [0.717, 1.165) is 31.2 Å². The van der Waals surface area contributed by atoms with Crippen LogP contribution >= 0.6 is 11.6 Å². The second-order valence-electron chi connectivity index (χ2n) is 4.18. The maximum absolute atomic E-state index is 11.2. The van der Waals surface area contributed by atoms with Gasteiger partial charge in [0.2, 0.25) is 0 Å². The van der Waals surface area contributed by atoms with E-state index in [9.17, 15) is 4.79 Å². The minimum absolute atomic E-state index is 0.107. The van der Waals surface area contributed by atoms with Crippen molar-refractivity contribution in [2.45, 2.75) is 45.1 Å². The van der Waals surface area contributed by atoms with Gasteiger partial charge in [-0.25, -0.2) is 0 Å². The number of ketones is 1. The molecule has 0 saturated carbocycles. The lowest BCUT2D eigenvalue weighted by molar-refractivity contribution is -0.119. The molecule has 82 valence electrons. The molecule has 1 fully saturated rings. The number of Topliss-reactive ketones (excluding diaryl/α,β-unsaturated/α-hetero) is 1. The number of carbonyl (C=O) groups is 1. The molecule has 0 unspecified atom stereocenters. The van der Waals surface area contributed by atoms with Crippen molar-refractivity contribution in [3.63, 3.8) is 0 Å². The van der Waals surface area contributed by atoms with E-state index in [2.05, 4.69) is 5.32 Å². The van der Waals surface area contributed by atoms with Crippen LogP contribution in [0.3, 0.4) is 0 Å². The lowest BCUT2D eigenvalue weighted by atomic mass is 9.94. The largest absolute Gasteiger partial charge is 0.307 e. The van der Waals surface area contributed by atoms with Crippen molar-refractivity contribution in [2.75, 3.05) is 12.4 Å². The summed E-state index contributed by atoms with van der Waals surface area (Å²) in [5.41, 5.74) is 0. The van der Waals surface area contributed by atoms with Gasteiger partial charge in [-0.05, 0) is 51.5 Å². The summed E-state index contributed by atoms with van der Waals surface area (Å²) < 4.78 is 0. The van der Waals surface area contributed by atoms with Gasteiger partial charge in [0.25, 0.3) is 0 Å². The normalized spacial score (nSPS) is 28.4. The molecule has 1 aliphatic heterocycles. The first kappa shape index (κ1) is 12.0. The molecule has 0 aromatic carbocycles. The zero-order chi connectivity index (χ0) is 10.4. The molecule has 0 bridgehead atoms. The van der Waals surface area contributed by atoms with E-state index in [1.807, 2.05) is 0 Å². The Morgan fingerprint density at radius 1 is 1.43 bits per heavy atom. The Hall–Kier alpha value is -0.0800. The second-order valence-corrected chi connectivity index (χ2v) is 4.56. The number of halogens is 1. The van der Waals surface area contributed by atoms with Crippen LogP contribution in [0.15, 0.2) is 0 Å². The van der Waals surface area contributed by atoms with Crippen molar-refractivity contribution in [3.05, 3.63) is 0 Å². The quantitative estimate of drug-likeness (QED) is 0.733. The third-order valence-corrected chi connectivity index (χ3v) is 3.31. The van der Waals surface area contributed by atoms with Gasteiger partial charge in [0, 0.05) is 5.88 Å². The van der Waals surface area contributed by atoms with Gasteiger partial charge in [0.1, 0.15) is 5.78 Å². The van der Waals surface area contributed by atoms with Gasteiger partial charge in [-0.15, -0.1) is 11.6 Å². The molecule has 1 aliphatic rings. The summed E-state index contributed by atoms with van der Waals surface area (Å²) in [6.07, 6.45) is 5.70. The topological polar surface area (TPSA) is 29.1 Å². The van der Waals surface area contributed by atoms with Crippen LogP contribution in [0.2, 0.25) is 0 Å². The first-order chi connectivity index (χ1) is 6.74. The molecule has 2 atom stereocenters. The van der Waals surface area contributed by atoms with Crippen LogP contribution in [0.4, 0.5) is 0 Å². The summed E-state index contributed by atoms with van der Waals surface area (Å²) in [4.78, 5) is 11.2. The third-order valence-electron chi connectivity index (χ3n) is 3.04. The Bertz CT molecular complexity index is 184. The van der Waals surface area contributed by atoms with Crippen molar-refractivity contribution < 1.29 is 4.79 Å². The van der Waals surface area contributed by atoms with Crippen molar-refractivity contribution >= 4 is 17.4 Å². The highest BCUT2D eigenvalue weighted by atomic mass is 35.5. The lowest BCUT2D eigenvalue weighted by Crippen LogP contribution is -2.34. The summed E-state index contributed by atoms with van der Waals surface area (Å²) in [5.74, 6) is 1.81. The molecule has 14 heavy (non-hydrogen) atoms. The monoisotopic (exact) mass is 217 g/mol. The standard InChI is InChI=1S/C11H20ClNO/c1-9(14)11-5-4-10(3-2-7-12)6-8-13-11/h10-11,13H,2-8H2,1H3/t10-,11-/m0/s1. The van der Waals surface area contributed by atoms with Gasteiger partial charge < -0.3 is 5.32 Å². The summed E-state index contributed by atoms with van der Waals surface area (Å²) in [6, 6.07) is 0.107. The molecule has 1 N–H and O–H groups in total. The fourth-order valence-electron chi connectivity index (χ4n) is 2.11. The average Bonchev–Trinajstić information content (AvgIpc) is 2.39. The molecule has 0 aliphatic carbocycles. The molecule has 1 rings (SSSR count). The van der Waals surface area contributed by atoms with E-state index < -0.39 is 0 Å². The van der Waals surface area contributed by atoms with Crippen LogP contribution in [-0.2, 0) is 4.79 Å². The minimum Gasteiger partial charge on any atom is -0.307 e. The average molecular weight is 218 g/mol. The number of hydrogen-bond donors (Lipinski definition) is 1. The number of nitrogens with one attached hydrogen (secondary N) is 1. The Kier molecular flexibility index (Phi) is 5.49. The highest BCUT2D eigenvalue weighted by Crippen LogP contribution is 2.21. The molecule has 0 aromatic rings. The number of hydrogen-bond acceptors (Lipinski definition) is 2. The smallest absolute Gasteiger partial charge is 0.146 e. The summed E-state index contributed by atoms with van der Waals surface area (Å²) in [5, 5.41) is 3.30. The highest BCUT2D eigenvalue weighted by molar-refractivity contribution is 6.17. The van der Waals surface area contributed by atoms with Crippen LogP contribution in [-0.4, -0.2) is 24.2 Å². The van der Waals surface area contributed by atoms with Gasteiger partial charge in [-0.1, -0.05) is 0 Å². The molecule has 2 nitrogen and oxygen atoms in total. The first-order valence-corrected chi connectivity index (χ1v) is 6.07. The van der Waals surface area contributed by atoms with E-state index in [0.29, 0.717) is 0 Å². The summed E-state index contributed by atoms with van der Waals surface area (Å²) in [6.45, 7) is 2.66. The Morgan fingerprint density at radius 2 is 2.21 bits per heavy atom. The molecule has 0 amide bonds. The fraction of sp³-hybridized carbons (Fsp3) is 0.909. The van der Waals surface area contributed by atoms with Gasteiger partial charge in [-0.2, -0.15) is 0 Å². The van der Waals surface area contributed by atoms with Crippen molar-refractivity contribution in [1.82, 2.24) is 5.32 Å². The summed E-state index contributed by atoms with van der Waals surface area (Å²) in [7, 11) is 0. The van der Waals surface area contributed by atoms with Gasteiger partial charge in [0.05, 0.1) is 6.04 Å². The van der Waals surface area contributed by atoms with Gasteiger partial charge in [-0.3, -0.25) is 4.79 Å². The van der Waals surface area contributed by atoms with E-state index in [4.69, 9.17) is 11.6 Å². The Balaban J connectivity index is 2.29. The SMILES string of the molecule is CC(=O)[C@@H]1CC[C@H](CCCCl)CCN1. The zero-order valence-electron chi connectivity index (χ0n) is 8.89. The third kappa shape index (κ3) is 3.97. The van der Waals surface area contributed by atoms with E-state index in [1.54, 1.807) is 6.92 Å². The molecule has 0 radical (unpaired) electrons. The van der Waals surface area contributed by atoms with Crippen LogP contribution in [0.1, 0.15) is 39.0 Å². The predicted molar refractivity (Wildman–Crippen MR) is 59.8 cm³/mol. The van der Waals surface area contributed by atoms with Crippen LogP contribution in [0.5, 0.6) is 0 Å². The minimum atomic E-state index is 0.107. The molecule has 0 spiro atoms. The fourth-order valence-corrected chi connectivity index (χ4v) is 2.27. The van der Waals surface area contributed by atoms with Crippen LogP contribution in [0.25, 0.3) is 0 Å². The maximum atomic E-state index is 11.2. The molecule has 3 heteroatoms. The summed E-state index contributed by atoms with van der Waals surface area (Å²) >= 11 is 5.67. The predicted octanol–water partition coefficient (Wildman–Crippen LogP) is 2.35. The van der Waals surface area contributed by atoms with Crippen LogP contribution < -0.4 is 5.32 Å². The maximum Gasteiger partial charge on any atom is 0.146 e. The Morgan fingerprint density at radius 3 is 2.86 bits per heavy atom. The van der Waals surface area contributed by atoms with E-state index in [1.165, 1.54) is 19.3 Å². The number of alkyl halides is 1.